The van der Waals surface area contributed by atoms with Crippen LogP contribution in [-0.2, 0) is 39.0 Å². The van der Waals surface area contributed by atoms with Crippen LogP contribution in [0.4, 0.5) is 0 Å². The van der Waals surface area contributed by atoms with Gasteiger partial charge in [0.15, 0.2) is 5.69 Å². The molecule has 0 bridgehead atoms. The van der Waals surface area contributed by atoms with Crippen molar-refractivity contribution in [1.29, 1.82) is 0 Å². The fourth-order valence-electron chi connectivity index (χ4n) is 2.56. The summed E-state index contributed by atoms with van der Waals surface area (Å²) in [5.41, 5.74) is 2.03. The lowest BCUT2D eigenvalue weighted by Gasteiger charge is -2.27. The maximum absolute atomic E-state index is 12.2. The van der Waals surface area contributed by atoms with Crippen molar-refractivity contribution in [2.75, 3.05) is 40.1 Å². The lowest BCUT2D eigenvalue weighted by molar-refractivity contribution is -0.137. The van der Waals surface area contributed by atoms with E-state index in [1.807, 2.05) is 0 Å². The van der Waals surface area contributed by atoms with Gasteiger partial charge in [0.25, 0.3) is 0 Å². The molecule has 0 radical (unpaired) electrons. The van der Waals surface area contributed by atoms with Gasteiger partial charge in [0, 0.05) is 44.9 Å². The molecule has 23 heavy (non-hydrogen) atoms. The predicted molar refractivity (Wildman–Crippen MR) is 81.0 cm³/mol. The van der Waals surface area contributed by atoms with Crippen LogP contribution < -0.4 is 0 Å². The number of ether oxygens (including phenoxy) is 3. The van der Waals surface area contributed by atoms with Gasteiger partial charge in [0.1, 0.15) is 6.61 Å². The minimum absolute atomic E-state index is 0.00763. The first-order valence-electron chi connectivity index (χ1n) is 7.64. The second-order valence-electron chi connectivity index (χ2n) is 5.23. The Balaban J connectivity index is 2.04. The summed E-state index contributed by atoms with van der Waals surface area (Å²) in [4.78, 5) is 25.9. The Morgan fingerprint density at radius 2 is 2.09 bits per heavy atom. The molecule has 0 saturated carbocycles. The zero-order valence-electron chi connectivity index (χ0n) is 13.8. The maximum Gasteiger partial charge on any atom is 0.359 e. The first-order chi connectivity index (χ1) is 11.1. The Morgan fingerprint density at radius 1 is 1.30 bits per heavy atom. The van der Waals surface area contributed by atoms with E-state index in [-0.39, 0.29) is 12.5 Å². The van der Waals surface area contributed by atoms with Gasteiger partial charge in [-0.3, -0.25) is 9.48 Å². The highest BCUT2D eigenvalue weighted by Gasteiger charge is 2.29. The lowest BCUT2D eigenvalue weighted by atomic mass is 10.1. The van der Waals surface area contributed by atoms with E-state index in [0.717, 1.165) is 11.3 Å². The number of carbonyl (C=O) groups excluding carboxylic acids is 2. The lowest BCUT2D eigenvalue weighted by Crippen LogP contribution is -2.39. The average Bonchev–Trinajstić information content (AvgIpc) is 2.88. The largest absolute Gasteiger partial charge is 0.461 e. The van der Waals surface area contributed by atoms with Crippen LogP contribution in [0.25, 0.3) is 0 Å². The van der Waals surface area contributed by atoms with Gasteiger partial charge in [0.05, 0.1) is 19.8 Å². The molecule has 128 valence electrons. The Labute approximate surface area is 135 Å². The second kappa shape index (κ2) is 8.07. The van der Waals surface area contributed by atoms with E-state index < -0.39 is 5.97 Å². The molecule has 1 aliphatic rings. The minimum atomic E-state index is -0.449. The van der Waals surface area contributed by atoms with Crippen LogP contribution in [0.2, 0.25) is 0 Å². The normalized spacial score (nSPS) is 13.8. The van der Waals surface area contributed by atoms with Crippen molar-refractivity contribution >= 4 is 11.9 Å². The van der Waals surface area contributed by atoms with Crippen molar-refractivity contribution in [3.63, 3.8) is 0 Å². The number of esters is 1. The molecular weight excluding hydrogens is 302 g/mol. The van der Waals surface area contributed by atoms with Crippen LogP contribution in [-0.4, -0.2) is 66.6 Å². The van der Waals surface area contributed by atoms with E-state index in [9.17, 15) is 9.59 Å². The van der Waals surface area contributed by atoms with E-state index >= 15 is 0 Å². The zero-order chi connectivity index (χ0) is 16.8. The average molecular weight is 325 g/mol. The molecule has 1 amide bonds. The maximum atomic E-state index is 12.2. The first kappa shape index (κ1) is 17.4. The van der Waals surface area contributed by atoms with Crippen molar-refractivity contribution in [3.8, 4) is 0 Å². The molecule has 0 aliphatic carbocycles. The third kappa shape index (κ3) is 4.08. The van der Waals surface area contributed by atoms with Crippen LogP contribution in [0.3, 0.4) is 0 Å². The molecule has 8 heteroatoms. The van der Waals surface area contributed by atoms with Crippen LogP contribution in [0, 0.1) is 0 Å². The molecule has 0 fully saturated rings. The Bertz CT molecular complexity index is 570. The molecule has 0 unspecified atom stereocenters. The highest BCUT2D eigenvalue weighted by molar-refractivity contribution is 5.89. The summed E-state index contributed by atoms with van der Waals surface area (Å²) < 4.78 is 16.9. The predicted octanol–water partition coefficient (Wildman–Crippen LogP) is 0.145. The number of nitrogens with zero attached hydrogens (tertiary/aromatic N) is 3. The number of rotatable bonds is 7. The summed E-state index contributed by atoms with van der Waals surface area (Å²) in [5, 5.41) is 4.25. The topological polar surface area (TPSA) is 82.9 Å². The van der Waals surface area contributed by atoms with E-state index in [2.05, 4.69) is 5.10 Å². The smallest absolute Gasteiger partial charge is 0.359 e. The van der Waals surface area contributed by atoms with Crippen molar-refractivity contribution in [3.05, 3.63) is 17.0 Å². The van der Waals surface area contributed by atoms with Gasteiger partial charge in [-0.05, 0) is 6.92 Å². The summed E-state index contributed by atoms with van der Waals surface area (Å²) in [6.07, 6.45) is 0.655. The van der Waals surface area contributed by atoms with Crippen LogP contribution in [0.5, 0.6) is 0 Å². The van der Waals surface area contributed by atoms with Gasteiger partial charge in [-0.15, -0.1) is 0 Å². The molecule has 0 atom stereocenters. The van der Waals surface area contributed by atoms with Gasteiger partial charge < -0.3 is 19.1 Å². The highest BCUT2D eigenvalue weighted by Crippen LogP contribution is 2.23. The van der Waals surface area contributed by atoms with E-state index in [0.29, 0.717) is 45.0 Å². The Kier molecular flexibility index (Phi) is 6.12. The zero-order valence-corrected chi connectivity index (χ0v) is 13.8. The highest BCUT2D eigenvalue weighted by atomic mass is 16.5. The number of aromatic nitrogens is 2. The molecule has 0 spiro atoms. The third-order valence-corrected chi connectivity index (χ3v) is 3.72. The second-order valence-corrected chi connectivity index (χ2v) is 5.23. The first-order valence-corrected chi connectivity index (χ1v) is 7.64. The summed E-state index contributed by atoms with van der Waals surface area (Å²) >= 11 is 0. The van der Waals surface area contributed by atoms with Gasteiger partial charge in [-0.25, -0.2) is 4.79 Å². The van der Waals surface area contributed by atoms with Gasteiger partial charge in [-0.2, -0.15) is 5.10 Å². The monoisotopic (exact) mass is 325 g/mol. The molecule has 1 aromatic rings. The quantitative estimate of drug-likeness (QED) is 0.524. The van der Waals surface area contributed by atoms with Gasteiger partial charge in [-0.1, -0.05) is 0 Å². The van der Waals surface area contributed by atoms with E-state index in [1.54, 1.807) is 30.7 Å². The number of carbonyl (C=O) groups is 2. The van der Waals surface area contributed by atoms with Crippen molar-refractivity contribution < 1.29 is 23.8 Å². The van der Waals surface area contributed by atoms with Crippen LogP contribution in [0.1, 0.15) is 28.7 Å². The number of methoxy groups -OCH3 is 1. The summed E-state index contributed by atoms with van der Waals surface area (Å²) in [6, 6.07) is 0. The molecule has 0 aromatic carbocycles. The Morgan fingerprint density at radius 3 is 2.78 bits per heavy atom. The summed E-state index contributed by atoms with van der Waals surface area (Å²) in [6.45, 7) is 3.81. The van der Waals surface area contributed by atoms with Crippen LogP contribution in [0.15, 0.2) is 0 Å². The van der Waals surface area contributed by atoms with Crippen molar-refractivity contribution in [2.24, 2.45) is 7.05 Å². The fraction of sp³-hybridized carbons (Fsp3) is 0.667. The van der Waals surface area contributed by atoms with E-state index in [4.69, 9.17) is 14.2 Å². The Hall–Kier alpha value is -1.93. The molecular formula is C15H23N3O5. The number of hydrogen-bond donors (Lipinski definition) is 0. The van der Waals surface area contributed by atoms with Crippen molar-refractivity contribution in [2.45, 2.75) is 19.9 Å². The molecule has 1 aliphatic heterocycles. The molecule has 0 saturated heterocycles. The van der Waals surface area contributed by atoms with Gasteiger partial charge in [0.2, 0.25) is 5.91 Å². The number of aryl methyl sites for hydroxylation is 1. The minimum Gasteiger partial charge on any atom is -0.461 e. The molecule has 0 N–H and O–H groups in total. The number of fused-ring (bicyclic) bond motifs is 1. The fourth-order valence-corrected chi connectivity index (χ4v) is 2.56. The molecule has 2 rings (SSSR count). The van der Waals surface area contributed by atoms with E-state index in [1.165, 1.54) is 0 Å². The number of amides is 1. The molecule has 1 aromatic heterocycles. The summed E-state index contributed by atoms with van der Waals surface area (Å²) in [7, 11) is 3.38. The third-order valence-electron chi connectivity index (χ3n) is 3.72. The van der Waals surface area contributed by atoms with Gasteiger partial charge >= 0.3 is 5.97 Å². The number of hydrogen-bond acceptors (Lipinski definition) is 6. The molecule has 2 heterocycles. The standard InChI is InChI=1S/C15H23N3O5/c1-4-23-15(20)14-11-9-18(6-5-12(11)17(2)16-14)13(19)10-22-8-7-21-3/h4-10H2,1-3H3. The van der Waals surface area contributed by atoms with Crippen LogP contribution >= 0.6 is 0 Å². The molecule has 8 nitrogen and oxygen atoms in total. The SMILES string of the molecule is CCOC(=O)c1nn(C)c2c1CN(C(=O)COCCOC)CC2. The van der Waals surface area contributed by atoms with Crippen molar-refractivity contribution in [1.82, 2.24) is 14.7 Å². The summed E-state index contributed by atoms with van der Waals surface area (Å²) in [5.74, 6) is -0.555.